The number of rotatable bonds is 6. The Bertz CT molecular complexity index is 733. The molecule has 1 atom stereocenters. The lowest BCUT2D eigenvalue weighted by Crippen LogP contribution is -2.48. The number of ether oxygens (including phenoxy) is 1. The number of hydrogen-bond donors (Lipinski definition) is 3. The minimum Gasteiger partial charge on any atom is -0.497 e. The van der Waals surface area contributed by atoms with E-state index in [1.807, 2.05) is 62.4 Å². The number of carbonyl (C=O) groups is 1. The van der Waals surface area contributed by atoms with Crippen molar-refractivity contribution in [3.05, 3.63) is 59.7 Å². The number of nitrogens with one attached hydrogen (secondary N) is 3. The highest BCUT2D eigenvalue weighted by atomic mass is 32.2. The molecule has 2 aromatic carbocycles. The summed E-state index contributed by atoms with van der Waals surface area (Å²) >= 11 is 6.68. The van der Waals surface area contributed by atoms with Gasteiger partial charge in [-0.25, -0.2) is 0 Å². The molecule has 0 saturated heterocycles. The smallest absolute Gasteiger partial charge is 0.251 e. The maximum Gasteiger partial charge on any atom is 0.251 e. The molecular weight excluding hydrogens is 366 g/mol. The number of aryl methyl sites for hydroxylation is 1. The minimum absolute atomic E-state index is 0.135. The lowest BCUT2D eigenvalue weighted by atomic mass is 10.2. The lowest BCUT2D eigenvalue weighted by Gasteiger charge is -2.15. The number of thiocarbonyl (C=S) groups is 1. The first-order valence-corrected chi connectivity index (χ1v) is 9.46. The third-order valence-corrected chi connectivity index (χ3v) is 4.97. The number of carbonyl (C=O) groups excluding carboxylic acids is 1. The quantitative estimate of drug-likeness (QED) is 0.401. The Morgan fingerprint density at radius 3 is 2.38 bits per heavy atom. The van der Waals surface area contributed by atoms with Crippen molar-refractivity contribution in [2.75, 3.05) is 7.11 Å². The molecular formula is C19H23N3O2S2. The summed E-state index contributed by atoms with van der Waals surface area (Å²) in [6, 6.07) is 15.8. The summed E-state index contributed by atoms with van der Waals surface area (Å²) in [5.41, 5.74) is 7.62. The van der Waals surface area contributed by atoms with Gasteiger partial charge in [-0.15, -0.1) is 11.8 Å². The molecule has 0 aliphatic rings. The fraction of sp³-hybridized carbons (Fsp3) is 0.263. The third-order valence-electron chi connectivity index (χ3n) is 3.61. The Morgan fingerprint density at radius 2 is 1.77 bits per heavy atom. The van der Waals surface area contributed by atoms with E-state index in [1.165, 1.54) is 17.3 Å². The van der Waals surface area contributed by atoms with E-state index in [1.54, 1.807) is 7.11 Å². The summed E-state index contributed by atoms with van der Waals surface area (Å²) in [4.78, 5) is 13.2. The highest BCUT2D eigenvalue weighted by molar-refractivity contribution is 8.00. The van der Waals surface area contributed by atoms with Crippen molar-refractivity contribution < 1.29 is 9.53 Å². The van der Waals surface area contributed by atoms with Crippen molar-refractivity contribution in [3.8, 4) is 5.75 Å². The number of hydrogen-bond acceptors (Lipinski definition) is 4. The van der Waals surface area contributed by atoms with Crippen LogP contribution >= 0.6 is 24.0 Å². The molecule has 0 aliphatic heterocycles. The molecule has 0 aromatic heterocycles. The van der Waals surface area contributed by atoms with Gasteiger partial charge in [0, 0.05) is 11.4 Å². The van der Waals surface area contributed by atoms with Crippen LogP contribution < -0.4 is 20.9 Å². The molecule has 0 unspecified atom stereocenters. The summed E-state index contributed by atoms with van der Waals surface area (Å²) < 4.78 is 5.12. The van der Waals surface area contributed by atoms with Crippen LogP contribution in [-0.4, -0.2) is 23.4 Å². The lowest BCUT2D eigenvalue weighted by molar-refractivity contribution is -0.120. The van der Waals surface area contributed by atoms with Gasteiger partial charge in [-0.3, -0.25) is 15.6 Å². The highest BCUT2D eigenvalue weighted by Gasteiger charge is 2.14. The fourth-order valence-corrected chi connectivity index (χ4v) is 3.06. The normalized spacial score (nSPS) is 11.3. The summed E-state index contributed by atoms with van der Waals surface area (Å²) in [6.07, 6.45) is 0. The second kappa shape index (κ2) is 10.0. The molecule has 0 radical (unpaired) electrons. The number of hydrazine groups is 1. The first-order chi connectivity index (χ1) is 12.5. The average molecular weight is 390 g/mol. The molecule has 0 saturated carbocycles. The van der Waals surface area contributed by atoms with Gasteiger partial charge in [0.05, 0.1) is 12.4 Å². The van der Waals surface area contributed by atoms with Crippen molar-refractivity contribution in [2.45, 2.75) is 30.5 Å². The van der Waals surface area contributed by atoms with Gasteiger partial charge >= 0.3 is 0 Å². The van der Waals surface area contributed by atoms with Gasteiger partial charge in [0.15, 0.2) is 5.11 Å². The first kappa shape index (κ1) is 20.1. The van der Waals surface area contributed by atoms with Gasteiger partial charge in [-0.1, -0.05) is 29.8 Å². The summed E-state index contributed by atoms with van der Waals surface area (Å²) in [7, 11) is 1.63. The second-order valence-corrected chi connectivity index (χ2v) is 7.54. The molecule has 0 heterocycles. The largest absolute Gasteiger partial charge is 0.497 e. The molecule has 3 N–H and O–H groups in total. The third kappa shape index (κ3) is 6.57. The number of methoxy groups -OCH3 is 1. The molecule has 2 rings (SSSR count). The Hall–Kier alpha value is -2.25. The zero-order chi connectivity index (χ0) is 18.9. The second-order valence-electron chi connectivity index (χ2n) is 5.72. The molecule has 138 valence electrons. The van der Waals surface area contributed by atoms with Gasteiger partial charge in [0.2, 0.25) is 0 Å². The van der Waals surface area contributed by atoms with Crippen molar-refractivity contribution in [2.24, 2.45) is 0 Å². The minimum atomic E-state index is -0.241. The van der Waals surface area contributed by atoms with Gasteiger partial charge < -0.3 is 10.1 Å². The van der Waals surface area contributed by atoms with Crippen LogP contribution in [0.25, 0.3) is 0 Å². The molecule has 0 fully saturated rings. The van der Waals surface area contributed by atoms with Crippen molar-refractivity contribution in [1.29, 1.82) is 0 Å². The predicted octanol–water partition coefficient (Wildman–Crippen LogP) is 3.18. The van der Waals surface area contributed by atoms with E-state index in [2.05, 4.69) is 16.2 Å². The van der Waals surface area contributed by atoms with E-state index in [9.17, 15) is 4.79 Å². The molecule has 7 heteroatoms. The number of benzene rings is 2. The van der Waals surface area contributed by atoms with Crippen LogP contribution in [0.2, 0.25) is 0 Å². The highest BCUT2D eigenvalue weighted by Crippen LogP contribution is 2.23. The fourth-order valence-electron chi connectivity index (χ4n) is 2.06. The number of thioether (sulfide) groups is 1. The Balaban J connectivity index is 1.71. The number of amides is 1. The average Bonchev–Trinajstić information content (AvgIpc) is 2.66. The first-order valence-electron chi connectivity index (χ1n) is 8.18. The van der Waals surface area contributed by atoms with Crippen LogP contribution in [0.1, 0.15) is 18.1 Å². The van der Waals surface area contributed by atoms with Crippen LogP contribution in [0, 0.1) is 6.92 Å². The van der Waals surface area contributed by atoms with Crippen LogP contribution in [0.5, 0.6) is 5.75 Å². The molecule has 0 bridgehead atoms. The topological polar surface area (TPSA) is 62.4 Å². The zero-order valence-electron chi connectivity index (χ0n) is 15.0. The Labute approximate surface area is 163 Å². The van der Waals surface area contributed by atoms with E-state index in [0.29, 0.717) is 11.7 Å². The van der Waals surface area contributed by atoms with E-state index in [-0.39, 0.29) is 11.2 Å². The van der Waals surface area contributed by atoms with E-state index >= 15 is 0 Å². The van der Waals surface area contributed by atoms with Gasteiger partial charge in [-0.2, -0.15) is 0 Å². The van der Waals surface area contributed by atoms with E-state index in [4.69, 9.17) is 17.0 Å². The van der Waals surface area contributed by atoms with Gasteiger partial charge in [0.25, 0.3) is 5.91 Å². The summed E-state index contributed by atoms with van der Waals surface area (Å²) in [5.74, 6) is 0.672. The van der Waals surface area contributed by atoms with Gasteiger partial charge in [0.1, 0.15) is 5.75 Å². The van der Waals surface area contributed by atoms with Crippen molar-refractivity contribution in [1.82, 2.24) is 16.2 Å². The summed E-state index contributed by atoms with van der Waals surface area (Å²) in [6.45, 7) is 4.45. The molecule has 0 aliphatic carbocycles. The monoisotopic (exact) mass is 389 g/mol. The van der Waals surface area contributed by atoms with Crippen molar-refractivity contribution >= 4 is 35.0 Å². The zero-order valence-corrected chi connectivity index (χ0v) is 16.7. The van der Waals surface area contributed by atoms with E-state index in [0.717, 1.165) is 16.2 Å². The Kier molecular flexibility index (Phi) is 7.74. The standard InChI is InChI=1S/C19H23N3O2S2/c1-13-4-10-17(11-5-13)26-14(2)18(23)21-22-19(25)20-12-15-6-8-16(24-3)9-7-15/h4-11,14H,12H2,1-3H3,(H,21,23)(H2,20,22,25)/t14-/m0/s1. The SMILES string of the molecule is COc1ccc(CNC(=S)NNC(=O)[C@H](C)Sc2ccc(C)cc2)cc1. The maximum atomic E-state index is 12.2. The predicted molar refractivity (Wildman–Crippen MR) is 110 cm³/mol. The van der Waals surface area contributed by atoms with Crippen LogP contribution in [0.15, 0.2) is 53.4 Å². The molecule has 2 aromatic rings. The molecule has 1 amide bonds. The maximum absolute atomic E-state index is 12.2. The molecule has 0 spiro atoms. The molecule has 26 heavy (non-hydrogen) atoms. The Morgan fingerprint density at radius 1 is 1.12 bits per heavy atom. The van der Waals surface area contributed by atoms with Crippen LogP contribution in [0.4, 0.5) is 0 Å². The molecule has 5 nitrogen and oxygen atoms in total. The van der Waals surface area contributed by atoms with Crippen molar-refractivity contribution in [3.63, 3.8) is 0 Å². The summed E-state index contributed by atoms with van der Waals surface area (Å²) in [5, 5.41) is 3.17. The van der Waals surface area contributed by atoms with Crippen LogP contribution in [-0.2, 0) is 11.3 Å². The van der Waals surface area contributed by atoms with Gasteiger partial charge in [-0.05, 0) is 55.9 Å². The van der Waals surface area contributed by atoms with E-state index < -0.39 is 0 Å². The van der Waals surface area contributed by atoms with Crippen LogP contribution in [0.3, 0.4) is 0 Å².